The van der Waals surface area contributed by atoms with Crippen molar-refractivity contribution < 1.29 is 31.8 Å². The van der Waals surface area contributed by atoms with Crippen LogP contribution in [0, 0.1) is 63.7 Å². The van der Waals surface area contributed by atoms with E-state index in [1.54, 1.807) is 24.3 Å². The molecule has 1 N–H and O–H groups in total. The van der Waals surface area contributed by atoms with Gasteiger partial charge < -0.3 is 5.11 Å². The molecule has 4 rings (SSSR count). The van der Waals surface area contributed by atoms with Gasteiger partial charge >= 0.3 is 17.1 Å². The Morgan fingerprint density at radius 2 is 1.32 bits per heavy atom. The van der Waals surface area contributed by atoms with Gasteiger partial charge in [0.05, 0.1) is 5.57 Å². The van der Waals surface area contributed by atoms with E-state index < -0.39 is 11.6 Å². The molecule has 0 unspecified atom stereocenters. The molecule has 0 aromatic heterocycles. The summed E-state index contributed by atoms with van der Waals surface area (Å²) >= 11 is 0. The number of nitrogens with zero attached hydrogens (tertiary/aromatic N) is 1. The van der Waals surface area contributed by atoms with Gasteiger partial charge in [0.2, 0.25) is 11.6 Å². The van der Waals surface area contributed by atoms with Crippen molar-refractivity contribution in [3.8, 4) is 0 Å². The second-order valence-corrected chi connectivity index (χ2v) is 8.41. The van der Waals surface area contributed by atoms with Crippen LogP contribution >= 0.6 is 0 Å². The number of hydrogen-bond acceptors (Lipinski definition) is 4. The van der Waals surface area contributed by atoms with Crippen molar-refractivity contribution >= 4 is 17.3 Å². The van der Waals surface area contributed by atoms with Gasteiger partial charge in [0.15, 0.2) is 0 Å². The Morgan fingerprint density at radius 1 is 0.735 bits per heavy atom. The molecule has 1 aromatic carbocycles. The standard InChI is InChI=1S/C24H28NO3.C5H5.Fe/c1-2-3-4-5-10-15-25(16-18-11-6-7-12-18)17-21-22(26)19-13-8-9-14-20(19)23(27)24(21)28;1-2-4-5-3-1;/h6-9,11-14,26H,2-5,10,15-17H2,1H3;1-5H;/q;;+2. The van der Waals surface area contributed by atoms with Gasteiger partial charge in [0.1, 0.15) is 5.76 Å². The summed E-state index contributed by atoms with van der Waals surface area (Å²) in [5.41, 5.74) is 0.957. The monoisotopic (exact) mass is 499 g/mol. The Labute approximate surface area is 217 Å². The quantitative estimate of drug-likeness (QED) is 0.266. The molecule has 0 aliphatic heterocycles. The predicted octanol–water partition coefficient (Wildman–Crippen LogP) is 5.42. The van der Waals surface area contributed by atoms with Crippen LogP contribution in [0.5, 0.6) is 0 Å². The molecule has 0 saturated heterocycles. The number of unbranched alkanes of at least 4 members (excludes halogenated alkanes) is 4. The van der Waals surface area contributed by atoms with Crippen LogP contribution < -0.4 is 0 Å². The van der Waals surface area contributed by atoms with E-state index in [9.17, 15) is 14.7 Å². The number of Topliss-reactive ketones (excluding diaryl/α,β-unsaturated/α-hetero) is 2. The van der Waals surface area contributed by atoms with Crippen LogP contribution in [0.4, 0.5) is 0 Å². The summed E-state index contributed by atoms with van der Waals surface area (Å²) in [4.78, 5) is 27.3. The second-order valence-electron chi connectivity index (χ2n) is 8.41. The van der Waals surface area contributed by atoms with E-state index >= 15 is 0 Å². The summed E-state index contributed by atoms with van der Waals surface area (Å²) in [7, 11) is 0. The first-order valence-electron chi connectivity index (χ1n) is 11.8. The average molecular weight is 499 g/mol. The number of ketones is 2. The molecule has 34 heavy (non-hydrogen) atoms. The first-order valence-corrected chi connectivity index (χ1v) is 11.8. The zero-order chi connectivity index (χ0) is 23.5. The molecule has 2 saturated carbocycles. The number of rotatable bonds is 10. The third-order valence-electron chi connectivity index (χ3n) is 5.85. The summed E-state index contributed by atoms with van der Waals surface area (Å²) in [6.45, 7) is 4.00. The summed E-state index contributed by atoms with van der Waals surface area (Å²) in [6, 6.07) is 6.77. The molecule has 5 heteroatoms. The summed E-state index contributed by atoms with van der Waals surface area (Å²) in [5.74, 6) is -0.00313. The zero-order valence-corrected chi connectivity index (χ0v) is 20.8. The molecule has 3 aliphatic carbocycles. The molecule has 0 bridgehead atoms. The van der Waals surface area contributed by atoms with E-state index in [0.717, 1.165) is 19.4 Å². The number of benzene rings is 1. The SMILES string of the molecule is CCCCCCCN(C[C]1[CH][CH][CH][CH]1)CC1=C(O)c2ccccc2C(=O)C1=O.[CH]1[CH][CH][CH][CH]1.[Fe+2]. The van der Waals surface area contributed by atoms with Crippen LogP contribution in [0.15, 0.2) is 29.8 Å². The van der Waals surface area contributed by atoms with Crippen LogP contribution in [-0.4, -0.2) is 41.2 Å². The number of aliphatic hydroxyl groups excluding tert-OH is 1. The minimum atomic E-state index is -0.588. The summed E-state index contributed by atoms with van der Waals surface area (Å²) in [5, 5.41) is 10.7. The van der Waals surface area contributed by atoms with Gasteiger partial charge in [0.25, 0.3) is 0 Å². The number of aliphatic hydroxyl groups is 1. The van der Waals surface area contributed by atoms with E-state index in [-0.39, 0.29) is 40.5 Å². The maximum Gasteiger partial charge on any atom is 2.00 e. The first kappa shape index (κ1) is 28.8. The Bertz CT molecular complexity index is 802. The number of fused-ring (bicyclic) bond motifs is 1. The van der Waals surface area contributed by atoms with E-state index in [1.165, 1.54) is 25.2 Å². The van der Waals surface area contributed by atoms with Gasteiger partial charge in [-0.3, -0.25) is 14.5 Å². The average Bonchev–Trinajstić information content (AvgIpc) is 3.57. The van der Waals surface area contributed by atoms with Crippen molar-refractivity contribution in [1.82, 2.24) is 4.90 Å². The molecule has 4 nitrogen and oxygen atoms in total. The largest absolute Gasteiger partial charge is 2.00 e. The van der Waals surface area contributed by atoms with Gasteiger partial charge in [-0.05, 0) is 76.7 Å². The van der Waals surface area contributed by atoms with E-state index in [0.29, 0.717) is 12.1 Å². The van der Waals surface area contributed by atoms with E-state index in [4.69, 9.17) is 0 Å². The molecule has 0 atom stereocenters. The van der Waals surface area contributed by atoms with Gasteiger partial charge in [-0.1, -0.05) is 56.9 Å². The normalized spacial score (nSPS) is 18.1. The van der Waals surface area contributed by atoms with Gasteiger partial charge in [0, 0.05) is 24.2 Å². The first-order chi connectivity index (χ1) is 16.1. The third kappa shape index (κ3) is 8.36. The van der Waals surface area contributed by atoms with Gasteiger partial charge in [-0.2, -0.15) is 0 Å². The molecule has 178 valence electrons. The smallest absolute Gasteiger partial charge is 0.507 e. The molecule has 10 radical (unpaired) electrons. The Kier molecular flexibility index (Phi) is 13.2. The number of hydrogen-bond donors (Lipinski definition) is 1. The topological polar surface area (TPSA) is 57.6 Å². The zero-order valence-electron chi connectivity index (χ0n) is 19.7. The Balaban J connectivity index is 0.000000603. The number of carbonyl (C=O) groups is 2. The van der Waals surface area contributed by atoms with Crippen LogP contribution in [0.1, 0.15) is 54.9 Å². The summed E-state index contributed by atoms with van der Waals surface area (Å²) in [6.07, 6.45) is 23.9. The maximum atomic E-state index is 12.7. The van der Waals surface area contributed by atoms with Crippen LogP contribution in [-0.2, 0) is 21.9 Å². The Hall–Kier alpha value is -1.42. The molecule has 0 amide bonds. The fourth-order valence-electron chi connectivity index (χ4n) is 4.04. The second kappa shape index (κ2) is 15.5. The van der Waals surface area contributed by atoms with Crippen molar-refractivity contribution in [2.24, 2.45) is 0 Å². The number of carbonyl (C=O) groups excluding carboxylic acids is 2. The fourth-order valence-corrected chi connectivity index (χ4v) is 4.04. The predicted molar refractivity (Wildman–Crippen MR) is 132 cm³/mol. The van der Waals surface area contributed by atoms with Crippen LogP contribution in [0.2, 0.25) is 0 Å². The summed E-state index contributed by atoms with van der Waals surface area (Å²) < 4.78 is 0. The van der Waals surface area contributed by atoms with Crippen molar-refractivity contribution in [2.45, 2.75) is 39.0 Å². The van der Waals surface area contributed by atoms with Crippen LogP contribution in [0.25, 0.3) is 5.76 Å². The molecule has 0 spiro atoms. The molecule has 2 fully saturated rings. The molecule has 0 heterocycles. The van der Waals surface area contributed by atoms with Crippen molar-refractivity contribution in [3.63, 3.8) is 0 Å². The molecule has 1 aromatic rings. The van der Waals surface area contributed by atoms with Crippen molar-refractivity contribution in [3.05, 3.63) is 105 Å². The van der Waals surface area contributed by atoms with Crippen LogP contribution in [0.3, 0.4) is 0 Å². The molecule has 3 aliphatic rings. The fraction of sp³-hybridized carbons (Fsp3) is 0.310. The molecular formula is C29H33FeNO3+2. The van der Waals surface area contributed by atoms with Gasteiger partial charge in [-0.15, -0.1) is 0 Å². The maximum absolute atomic E-state index is 12.7. The van der Waals surface area contributed by atoms with Crippen molar-refractivity contribution in [2.75, 3.05) is 19.6 Å². The van der Waals surface area contributed by atoms with Gasteiger partial charge in [-0.25, -0.2) is 0 Å². The minimum absolute atomic E-state index is 0. The third-order valence-corrected chi connectivity index (χ3v) is 5.85. The van der Waals surface area contributed by atoms with Crippen molar-refractivity contribution in [1.29, 1.82) is 0 Å². The molecular weight excluding hydrogens is 466 g/mol. The Morgan fingerprint density at radius 3 is 1.94 bits per heavy atom. The van der Waals surface area contributed by atoms with E-state index in [1.807, 2.05) is 44.9 Å². The minimum Gasteiger partial charge on any atom is -0.507 e. The van der Waals surface area contributed by atoms with E-state index in [2.05, 4.69) is 24.7 Å².